The molecule has 0 bridgehead atoms. The van der Waals surface area contributed by atoms with Crippen LogP contribution < -0.4 is 4.74 Å². The summed E-state index contributed by atoms with van der Waals surface area (Å²) in [4.78, 5) is 11.6. The van der Waals surface area contributed by atoms with E-state index in [2.05, 4.69) is 0 Å². The minimum Gasteiger partial charge on any atom is -0.469 e. The summed E-state index contributed by atoms with van der Waals surface area (Å²) in [6.07, 6.45) is 2.37. The van der Waals surface area contributed by atoms with Crippen molar-refractivity contribution in [3.63, 3.8) is 0 Å². The van der Waals surface area contributed by atoms with Gasteiger partial charge in [0.25, 0.3) is 0 Å². The first kappa shape index (κ1) is 12.7. The molecule has 0 N–H and O–H groups in total. The molecule has 4 heteroatoms. The number of ether oxygens (including phenoxy) is 1. The third kappa shape index (κ3) is 3.37. The summed E-state index contributed by atoms with van der Waals surface area (Å²) in [5, 5.41) is 0.437. The highest BCUT2D eigenvalue weighted by Crippen LogP contribution is 2.25. The SMILES string of the molecule is Cc1ccc(Cl)c(OC(=O)CCc2ccco2)c1. The third-order valence-electron chi connectivity index (χ3n) is 2.47. The van der Waals surface area contributed by atoms with Gasteiger partial charge in [-0.25, -0.2) is 0 Å². The maximum Gasteiger partial charge on any atom is 0.311 e. The first-order valence-electron chi connectivity index (χ1n) is 5.64. The van der Waals surface area contributed by atoms with Crippen molar-refractivity contribution in [2.45, 2.75) is 19.8 Å². The van der Waals surface area contributed by atoms with Gasteiger partial charge in [0, 0.05) is 6.42 Å². The molecule has 0 radical (unpaired) electrons. The Balaban J connectivity index is 1.92. The topological polar surface area (TPSA) is 39.4 Å². The van der Waals surface area contributed by atoms with Gasteiger partial charge < -0.3 is 9.15 Å². The van der Waals surface area contributed by atoms with E-state index in [-0.39, 0.29) is 12.4 Å². The van der Waals surface area contributed by atoms with Crippen molar-refractivity contribution in [1.82, 2.24) is 0 Å². The molecule has 0 aliphatic carbocycles. The van der Waals surface area contributed by atoms with Crippen LogP contribution in [0.5, 0.6) is 5.75 Å². The molecule has 94 valence electrons. The highest BCUT2D eigenvalue weighted by Gasteiger charge is 2.09. The zero-order chi connectivity index (χ0) is 13.0. The summed E-state index contributed by atoms with van der Waals surface area (Å²) in [6, 6.07) is 8.94. The zero-order valence-electron chi connectivity index (χ0n) is 9.98. The highest BCUT2D eigenvalue weighted by molar-refractivity contribution is 6.32. The van der Waals surface area contributed by atoms with Crippen LogP contribution in [0.4, 0.5) is 0 Å². The first-order chi connectivity index (χ1) is 8.65. The molecule has 0 amide bonds. The average Bonchev–Trinajstić information content (AvgIpc) is 2.84. The van der Waals surface area contributed by atoms with Gasteiger partial charge in [-0.15, -0.1) is 0 Å². The van der Waals surface area contributed by atoms with Gasteiger partial charge in [-0.2, -0.15) is 0 Å². The van der Waals surface area contributed by atoms with E-state index in [1.54, 1.807) is 24.5 Å². The van der Waals surface area contributed by atoms with Gasteiger partial charge in [0.2, 0.25) is 0 Å². The molecular formula is C14H13ClO3. The Morgan fingerprint density at radius 3 is 2.94 bits per heavy atom. The molecule has 18 heavy (non-hydrogen) atoms. The predicted octanol–water partition coefficient (Wildman–Crippen LogP) is 3.78. The van der Waals surface area contributed by atoms with Gasteiger partial charge in [-0.1, -0.05) is 17.7 Å². The molecule has 0 spiro atoms. The van der Waals surface area contributed by atoms with Crippen LogP contribution in [0.3, 0.4) is 0 Å². The van der Waals surface area contributed by atoms with Gasteiger partial charge in [0.15, 0.2) is 0 Å². The minimum absolute atomic E-state index is 0.262. The monoisotopic (exact) mass is 264 g/mol. The standard InChI is InChI=1S/C14H13ClO3/c1-10-4-6-12(15)13(9-10)18-14(16)7-5-11-3-2-8-17-11/h2-4,6,8-9H,5,7H2,1H3. The summed E-state index contributed by atoms with van der Waals surface area (Å²) in [5.74, 6) is 0.849. The third-order valence-corrected chi connectivity index (χ3v) is 2.78. The van der Waals surface area contributed by atoms with Crippen LogP contribution in [0.15, 0.2) is 41.0 Å². The van der Waals surface area contributed by atoms with Crippen LogP contribution in [-0.2, 0) is 11.2 Å². The normalized spacial score (nSPS) is 10.3. The van der Waals surface area contributed by atoms with Crippen molar-refractivity contribution in [2.24, 2.45) is 0 Å². The molecule has 0 aliphatic heterocycles. The fraction of sp³-hybridized carbons (Fsp3) is 0.214. The van der Waals surface area contributed by atoms with Gasteiger partial charge in [-0.05, 0) is 36.8 Å². The Morgan fingerprint density at radius 2 is 2.22 bits per heavy atom. The van der Waals surface area contributed by atoms with E-state index in [1.807, 2.05) is 19.1 Å². The Kier molecular flexibility index (Phi) is 4.05. The van der Waals surface area contributed by atoms with Crippen molar-refractivity contribution in [2.75, 3.05) is 0 Å². The van der Waals surface area contributed by atoms with Crippen LogP contribution in [-0.4, -0.2) is 5.97 Å². The lowest BCUT2D eigenvalue weighted by Gasteiger charge is -2.06. The minimum atomic E-state index is -0.320. The van der Waals surface area contributed by atoms with Gasteiger partial charge in [-0.3, -0.25) is 4.79 Å². The number of rotatable bonds is 4. The highest BCUT2D eigenvalue weighted by atomic mass is 35.5. The first-order valence-corrected chi connectivity index (χ1v) is 6.02. The second-order valence-corrected chi connectivity index (χ2v) is 4.39. The summed E-state index contributed by atoms with van der Waals surface area (Å²) < 4.78 is 10.4. The summed E-state index contributed by atoms with van der Waals surface area (Å²) in [6.45, 7) is 1.91. The Labute approximate surface area is 110 Å². The fourth-order valence-electron chi connectivity index (χ4n) is 1.54. The van der Waals surface area contributed by atoms with Crippen LogP contribution in [0.1, 0.15) is 17.7 Å². The smallest absolute Gasteiger partial charge is 0.311 e. The van der Waals surface area contributed by atoms with Crippen molar-refractivity contribution in [3.8, 4) is 5.75 Å². The van der Waals surface area contributed by atoms with Crippen molar-refractivity contribution < 1.29 is 13.9 Å². The van der Waals surface area contributed by atoms with Crippen molar-refractivity contribution in [1.29, 1.82) is 0 Å². The van der Waals surface area contributed by atoms with Crippen LogP contribution >= 0.6 is 11.6 Å². The Bertz CT molecular complexity index is 532. The predicted molar refractivity (Wildman–Crippen MR) is 68.9 cm³/mol. The number of hydrogen-bond donors (Lipinski definition) is 0. The molecular weight excluding hydrogens is 252 g/mol. The lowest BCUT2D eigenvalue weighted by Crippen LogP contribution is -2.09. The molecule has 2 rings (SSSR count). The maximum absolute atomic E-state index is 11.6. The number of furan rings is 1. The second-order valence-electron chi connectivity index (χ2n) is 3.99. The summed E-state index contributed by atoms with van der Waals surface area (Å²) >= 11 is 5.94. The number of hydrogen-bond acceptors (Lipinski definition) is 3. The number of benzene rings is 1. The van der Waals surface area contributed by atoms with Crippen molar-refractivity contribution >= 4 is 17.6 Å². The number of aryl methyl sites for hydroxylation is 2. The molecule has 1 heterocycles. The van der Waals surface area contributed by atoms with Gasteiger partial charge in [0.05, 0.1) is 17.7 Å². The number of halogens is 1. The van der Waals surface area contributed by atoms with Crippen LogP contribution in [0.25, 0.3) is 0 Å². The summed E-state index contributed by atoms with van der Waals surface area (Å²) in [5.41, 5.74) is 0.994. The number of esters is 1. The van der Waals surface area contributed by atoms with E-state index in [1.165, 1.54) is 0 Å². The molecule has 0 aliphatic rings. The molecule has 3 nitrogen and oxygen atoms in total. The van der Waals surface area contributed by atoms with E-state index in [4.69, 9.17) is 20.8 Å². The van der Waals surface area contributed by atoms with E-state index in [9.17, 15) is 4.79 Å². The lowest BCUT2D eigenvalue weighted by molar-refractivity contribution is -0.134. The molecule has 2 aromatic rings. The van der Waals surface area contributed by atoms with Crippen LogP contribution in [0.2, 0.25) is 5.02 Å². The van der Waals surface area contributed by atoms with E-state index in [0.717, 1.165) is 11.3 Å². The molecule has 0 fully saturated rings. The number of carbonyl (C=O) groups excluding carboxylic acids is 1. The fourth-order valence-corrected chi connectivity index (χ4v) is 1.70. The largest absolute Gasteiger partial charge is 0.469 e. The zero-order valence-corrected chi connectivity index (χ0v) is 10.7. The van der Waals surface area contributed by atoms with Gasteiger partial charge >= 0.3 is 5.97 Å². The van der Waals surface area contributed by atoms with Gasteiger partial charge in [0.1, 0.15) is 11.5 Å². The van der Waals surface area contributed by atoms with E-state index in [0.29, 0.717) is 17.2 Å². The average molecular weight is 265 g/mol. The Hall–Kier alpha value is -1.74. The molecule has 0 saturated heterocycles. The second kappa shape index (κ2) is 5.74. The lowest BCUT2D eigenvalue weighted by atomic mass is 10.2. The molecule has 1 aromatic carbocycles. The number of carbonyl (C=O) groups is 1. The van der Waals surface area contributed by atoms with E-state index < -0.39 is 0 Å². The maximum atomic E-state index is 11.6. The van der Waals surface area contributed by atoms with E-state index >= 15 is 0 Å². The van der Waals surface area contributed by atoms with Crippen LogP contribution in [0, 0.1) is 6.92 Å². The Morgan fingerprint density at radius 1 is 1.39 bits per heavy atom. The van der Waals surface area contributed by atoms with Crippen molar-refractivity contribution in [3.05, 3.63) is 52.9 Å². The molecule has 0 atom stereocenters. The molecule has 0 unspecified atom stereocenters. The summed E-state index contributed by atoms with van der Waals surface area (Å²) in [7, 11) is 0. The molecule has 0 saturated carbocycles. The molecule has 1 aromatic heterocycles. The quantitative estimate of drug-likeness (QED) is 0.623.